The molecule has 0 bridgehead atoms. The topological polar surface area (TPSA) is 101 Å². The lowest BCUT2D eigenvalue weighted by Crippen LogP contribution is -1.99. The molecule has 0 N–H and O–H groups in total. The molecule has 0 aliphatic carbocycles. The van der Waals surface area contributed by atoms with Crippen molar-refractivity contribution in [3.8, 4) is 39.1 Å². The highest BCUT2D eigenvalue weighted by Gasteiger charge is 2.18. The second kappa shape index (κ2) is 7.99. The number of ether oxygens (including phenoxy) is 3. The molecule has 0 unspecified atom stereocenters. The van der Waals surface area contributed by atoms with Gasteiger partial charge in [0, 0.05) is 23.3 Å². The fraction of sp³-hybridized carbons (Fsp3) is 0.200. The van der Waals surface area contributed by atoms with Crippen LogP contribution in [0.1, 0.15) is 6.92 Å². The van der Waals surface area contributed by atoms with Crippen LogP contribution in [-0.4, -0.2) is 40.3 Å². The number of hydrogen-bond donors (Lipinski definition) is 0. The number of benzene rings is 2. The van der Waals surface area contributed by atoms with Gasteiger partial charge in [0.25, 0.3) is 5.69 Å². The largest absolute Gasteiger partial charge is 0.493 e. The molecule has 2 aromatic heterocycles. The minimum Gasteiger partial charge on any atom is -0.493 e. The van der Waals surface area contributed by atoms with Crippen LogP contribution in [0.5, 0.6) is 17.2 Å². The van der Waals surface area contributed by atoms with E-state index in [0.717, 1.165) is 16.1 Å². The molecule has 2 aromatic carbocycles. The number of nitro groups is 1. The molecule has 154 valence electrons. The van der Waals surface area contributed by atoms with Crippen molar-refractivity contribution in [1.29, 1.82) is 0 Å². The normalized spacial score (nSPS) is 10.9. The summed E-state index contributed by atoms with van der Waals surface area (Å²) in [5.74, 6) is 1.67. The van der Waals surface area contributed by atoms with Gasteiger partial charge >= 0.3 is 0 Å². The van der Waals surface area contributed by atoms with Gasteiger partial charge in [-0.3, -0.25) is 10.1 Å². The Bertz CT molecular complexity index is 1160. The molecule has 4 aromatic rings. The molecule has 0 saturated carbocycles. The highest BCUT2D eigenvalue weighted by Crippen LogP contribution is 2.42. The standard InChI is InChI=1S/C20H18N4O5S/c1-4-29-18-16(27-2)9-13(10-17(18)28-3)19-22-23-11-15(21-20(23)30-19)12-5-7-14(8-6-12)24(25)26/h5-11H,4H2,1-3H3. The molecule has 0 fully saturated rings. The van der Waals surface area contributed by atoms with Gasteiger partial charge in [0.1, 0.15) is 5.01 Å². The fourth-order valence-corrected chi connectivity index (χ4v) is 3.87. The number of fused-ring (bicyclic) bond motifs is 1. The molecular formula is C20H18N4O5S. The van der Waals surface area contributed by atoms with Crippen LogP contribution in [-0.2, 0) is 0 Å². The van der Waals surface area contributed by atoms with Crippen LogP contribution in [0.4, 0.5) is 5.69 Å². The highest BCUT2D eigenvalue weighted by atomic mass is 32.1. The van der Waals surface area contributed by atoms with Gasteiger partial charge in [-0.05, 0) is 31.2 Å². The van der Waals surface area contributed by atoms with Gasteiger partial charge in [-0.25, -0.2) is 9.50 Å². The van der Waals surface area contributed by atoms with E-state index in [4.69, 9.17) is 14.2 Å². The molecular weight excluding hydrogens is 408 g/mol. The monoisotopic (exact) mass is 426 g/mol. The molecule has 2 heterocycles. The van der Waals surface area contributed by atoms with Crippen molar-refractivity contribution in [2.24, 2.45) is 0 Å². The molecule has 0 radical (unpaired) electrons. The quantitative estimate of drug-likeness (QED) is 0.318. The van der Waals surface area contributed by atoms with E-state index in [1.54, 1.807) is 37.1 Å². The summed E-state index contributed by atoms with van der Waals surface area (Å²) >= 11 is 1.41. The number of non-ortho nitro benzene ring substituents is 1. The summed E-state index contributed by atoms with van der Waals surface area (Å²) in [5.41, 5.74) is 2.33. The zero-order chi connectivity index (χ0) is 21.3. The van der Waals surface area contributed by atoms with E-state index in [9.17, 15) is 10.1 Å². The number of rotatable bonds is 7. The van der Waals surface area contributed by atoms with Crippen LogP contribution in [0.15, 0.2) is 42.6 Å². The minimum absolute atomic E-state index is 0.0403. The number of aromatic nitrogens is 3. The number of nitrogens with zero attached hydrogens (tertiary/aromatic N) is 4. The summed E-state index contributed by atoms with van der Waals surface area (Å²) in [6.07, 6.45) is 1.79. The van der Waals surface area contributed by atoms with Crippen LogP contribution in [0, 0.1) is 10.1 Å². The average Bonchev–Trinajstić information content (AvgIpc) is 3.33. The number of nitro benzene ring substituents is 1. The van der Waals surface area contributed by atoms with Gasteiger partial charge in [-0.1, -0.05) is 11.3 Å². The third kappa shape index (κ3) is 3.52. The van der Waals surface area contributed by atoms with Crippen molar-refractivity contribution < 1.29 is 19.1 Å². The Balaban J connectivity index is 1.69. The van der Waals surface area contributed by atoms with Crippen molar-refractivity contribution in [2.75, 3.05) is 20.8 Å². The molecule has 4 rings (SSSR count). The zero-order valence-corrected chi connectivity index (χ0v) is 17.3. The Hall–Kier alpha value is -3.66. The molecule has 0 amide bonds. The predicted octanol–water partition coefficient (Wildman–Crippen LogP) is 4.45. The molecule has 0 aliphatic rings. The van der Waals surface area contributed by atoms with Crippen molar-refractivity contribution in [2.45, 2.75) is 6.92 Å². The van der Waals surface area contributed by atoms with Crippen LogP contribution in [0.25, 0.3) is 26.8 Å². The molecule has 9 nitrogen and oxygen atoms in total. The van der Waals surface area contributed by atoms with E-state index in [0.29, 0.717) is 34.5 Å². The fourth-order valence-electron chi connectivity index (χ4n) is 3.00. The first kappa shape index (κ1) is 19.6. The van der Waals surface area contributed by atoms with Gasteiger partial charge < -0.3 is 14.2 Å². The van der Waals surface area contributed by atoms with Gasteiger partial charge in [0.05, 0.1) is 37.6 Å². The summed E-state index contributed by atoms with van der Waals surface area (Å²) in [7, 11) is 3.15. The minimum atomic E-state index is -0.428. The summed E-state index contributed by atoms with van der Waals surface area (Å²) in [6.45, 7) is 2.38. The Labute approximate surface area is 175 Å². The van der Waals surface area contributed by atoms with Gasteiger partial charge in [-0.15, -0.1) is 0 Å². The average molecular weight is 426 g/mol. The second-order valence-corrected chi connectivity index (χ2v) is 7.16. The van der Waals surface area contributed by atoms with Crippen molar-refractivity contribution in [1.82, 2.24) is 14.6 Å². The zero-order valence-electron chi connectivity index (χ0n) is 16.5. The molecule has 10 heteroatoms. The van der Waals surface area contributed by atoms with E-state index >= 15 is 0 Å². The number of methoxy groups -OCH3 is 2. The molecule has 0 saturated heterocycles. The van der Waals surface area contributed by atoms with Gasteiger partial charge in [0.15, 0.2) is 11.5 Å². The first-order chi connectivity index (χ1) is 14.5. The third-order valence-corrected chi connectivity index (χ3v) is 5.38. The summed E-state index contributed by atoms with van der Waals surface area (Å²) < 4.78 is 18.3. The van der Waals surface area contributed by atoms with Crippen LogP contribution >= 0.6 is 11.3 Å². The van der Waals surface area contributed by atoms with E-state index in [1.165, 1.54) is 23.5 Å². The van der Waals surface area contributed by atoms with E-state index in [-0.39, 0.29) is 5.69 Å². The Morgan fingerprint density at radius 1 is 1.10 bits per heavy atom. The lowest BCUT2D eigenvalue weighted by molar-refractivity contribution is -0.384. The van der Waals surface area contributed by atoms with Crippen LogP contribution in [0.2, 0.25) is 0 Å². The SMILES string of the molecule is CCOc1c(OC)cc(-c2nn3cc(-c4ccc([N+](=O)[O-])cc4)nc3s2)cc1OC. The van der Waals surface area contributed by atoms with Gasteiger partial charge in [-0.2, -0.15) is 5.10 Å². The molecule has 0 spiro atoms. The highest BCUT2D eigenvalue weighted by molar-refractivity contribution is 7.19. The van der Waals surface area contributed by atoms with E-state index < -0.39 is 4.92 Å². The smallest absolute Gasteiger partial charge is 0.269 e. The van der Waals surface area contributed by atoms with Gasteiger partial charge in [0.2, 0.25) is 10.7 Å². The van der Waals surface area contributed by atoms with Crippen LogP contribution < -0.4 is 14.2 Å². The van der Waals surface area contributed by atoms with E-state index in [1.807, 2.05) is 19.1 Å². The Morgan fingerprint density at radius 3 is 2.30 bits per heavy atom. The maximum absolute atomic E-state index is 10.8. The van der Waals surface area contributed by atoms with Crippen molar-refractivity contribution in [3.05, 3.63) is 52.7 Å². The molecule has 0 aliphatic heterocycles. The van der Waals surface area contributed by atoms with E-state index in [2.05, 4.69) is 10.1 Å². The maximum atomic E-state index is 10.8. The third-order valence-electron chi connectivity index (χ3n) is 4.41. The van der Waals surface area contributed by atoms with Crippen molar-refractivity contribution >= 4 is 22.0 Å². The molecule has 30 heavy (non-hydrogen) atoms. The first-order valence-electron chi connectivity index (χ1n) is 9.04. The second-order valence-electron chi connectivity index (χ2n) is 6.21. The summed E-state index contributed by atoms with van der Waals surface area (Å²) in [4.78, 5) is 15.7. The molecule has 0 atom stereocenters. The lowest BCUT2D eigenvalue weighted by atomic mass is 10.1. The Morgan fingerprint density at radius 2 is 1.77 bits per heavy atom. The number of hydrogen-bond acceptors (Lipinski definition) is 8. The Kier molecular flexibility index (Phi) is 5.23. The summed E-state index contributed by atoms with van der Waals surface area (Å²) in [6, 6.07) is 9.97. The van der Waals surface area contributed by atoms with Crippen LogP contribution in [0.3, 0.4) is 0 Å². The lowest BCUT2D eigenvalue weighted by Gasteiger charge is -2.14. The predicted molar refractivity (Wildman–Crippen MR) is 113 cm³/mol. The first-order valence-corrected chi connectivity index (χ1v) is 9.86. The van der Waals surface area contributed by atoms with Crippen molar-refractivity contribution in [3.63, 3.8) is 0 Å². The summed E-state index contributed by atoms with van der Waals surface area (Å²) in [5, 5.41) is 16.2. The number of imidazole rings is 1. The maximum Gasteiger partial charge on any atom is 0.269 e.